The van der Waals surface area contributed by atoms with Crippen molar-refractivity contribution in [1.29, 1.82) is 0 Å². The molecular formula is C21H28N2O4S. The third-order valence-electron chi connectivity index (χ3n) is 4.25. The van der Waals surface area contributed by atoms with E-state index in [0.717, 1.165) is 12.0 Å². The van der Waals surface area contributed by atoms with Crippen LogP contribution in [0.25, 0.3) is 0 Å². The van der Waals surface area contributed by atoms with Crippen molar-refractivity contribution < 1.29 is 17.9 Å². The van der Waals surface area contributed by atoms with Gasteiger partial charge in [-0.2, -0.15) is 0 Å². The average Bonchev–Trinajstić information content (AvgIpc) is 2.59. The number of carbonyl (C=O) groups is 1. The highest BCUT2D eigenvalue weighted by molar-refractivity contribution is 7.92. The van der Waals surface area contributed by atoms with Gasteiger partial charge in [0.15, 0.2) is 0 Å². The first kappa shape index (κ1) is 21.8. The molecule has 0 spiro atoms. The Morgan fingerprint density at radius 3 is 2.29 bits per heavy atom. The van der Waals surface area contributed by atoms with Gasteiger partial charge in [0.25, 0.3) is 5.91 Å². The van der Waals surface area contributed by atoms with Crippen molar-refractivity contribution in [1.82, 2.24) is 5.32 Å². The Morgan fingerprint density at radius 1 is 1.07 bits per heavy atom. The molecule has 152 valence electrons. The second-order valence-corrected chi connectivity index (χ2v) is 9.48. The van der Waals surface area contributed by atoms with Crippen LogP contribution in [0, 0.1) is 6.92 Å². The van der Waals surface area contributed by atoms with Crippen molar-refractivity contribution >= 4 is 21.6 Å². The minimum absolute atomic E-state index is 0.0882. The van der Waals surface area contributed by atoms with Gasteiger partial charge < -0.3 is 10.1 Å². The van der Waals surface area contributed by atoms with Gasteiger partial charge in [0.2, 0.25) is 10.0 Å². The predicted octanol–water partition coefficient (Wildman–Crippen LogP) is 3.47. The molecule has 2 aromatic rings. The van der Waals surface area contributed by atoms with Crippen LogP contribution in [0.15, 0.2) is 42.5 Å². The normalized spacial score (nSPS) is 11.8. The average molecular weight is 405 g/mol. The second-order valence-electron chi connectivity index (χ2n) is 7.73. The van der Waals surface area contributed by atoms with Gasteiger partial charge in [-0.05, 0) is 47.7 Å². The molecule has 7 heteroatoms. The molecule has 0 saturated carbocycles. The van der Waals surface area contributed by atoms with E-state index in [1.165, 1.54) is 5.56 Å². The van der Waals surface area contributed by atoms with Crippen LogP contribution in [-0.2, 0) is 15.4 Å². The van der Waals surface area contributed by atoms with Crippen molar-refractivity contribution in [3.05, 3.63) is 59.2 Å². The summed E-state index contributed by atoms with van der Waals surface area (Å²) in [6.07, 6.45) is 1.07. The fourth-order valence-corrected chi connectivity index (χ4v) is 3.29. The molecule has 0 aliphatic rings. The molecule has 0 radical (unpaired) electrons. The standard InChI is InChI=1S/C21H28N2O4S/c1-15-18(7-6-8-19(15)23-28(5,25)26)20(24)22-13-14-27-17-11-9-16(10-12-17)21(2,3)4/h6-12,23H,13-14H2,1-5H3,(H,22,24). The van der Waals surface area contributed by atoms with E-state index in [0.29, 0.717) is 30.0 Å². The zero-order valence-corrected chi connectivity index (χ0v) is 17.8. The van der Waals surface area contributed by atoms with Crippen LogP contribution in [-0.4, -0.2) is 33.7 Å². The van der Waals surface area contributed by atoms with Gasteiger partial charge in [0, 0.05) is 5.56 Å². The Bertz CT molecular complexity index is 930. The summed E-state index contributed by atoms with van der Waals surface area (Å²) in [5.41, 5.74) is 2.70. The van der Waals surface area contributed by atoms with E-state index in [9.17, 15) is 13.2 Å². The van der Waals surface area contributed by atoms with Gasteiger partial charge in [-0.15, -0.1) is 0 Å². The molecule has 0 unspecified atom stereocenters. The lowest BCUT2D eigenvalue weighted by atomic mass is 9.87. The van der Waals surface area contributed by atoms with E-state index >= 15 is 0 Å². The lowest BCUT2D eigenvalue weighted by molar-refractivity contribution is 0.0946. The Labute approximate surface area is 167 Å². The Balaban J connectivity index is 1.90. The van der Waals surface area contributed by atoms with Crippen LogP contribution in [0.4, 0.5) is 5.69 Å². The number of sulfonamides is 1. The van der Waals surface area contributed by atoms with Crippen molar-refractivity contribution in [2.45, 2.75) is 33.1 Å². The number of hydrogen-bond acceptors (Lipinski definition) is 4. The molecule has 0 aromatic heterocycles. The van der Waals surface area contributed by atoms with Crippen LogP contribution in [0.1, 0.15) is 42.3 Å². The summed E-state index contributed by atoms with van der Waals surface area (Å²) in [5.74, 6) is 0.471. The molecule has 0 saturated heterocycles. The van der Waals surface area contributed by atoms with Crippen LogP contribution in [0.2, 0.25) is 0 Å². The molecule has 0 bridgehead atoms. The molecular weight excluding hydrogens is 376 g/mol. The van der Waals surface area contributed by atoms with Crippen LogP contribution in [0.5, 0.6) is 5.75 Å². The molecule has 0 aliphatic heterocycles. The topological polar surface area (TPSA) is 84.5 Å². The molecule has 28 heavy (non-hydrogen) atoms. The fourth-order valence-electron chi connectivity index (χ4n) is 2.67. The van der Waals surface area contributed by atoms with Gasteiger partial charge in [-0.1, -0.05) is 39.0 Å². The summed E-state index contributed by atoms with van der Waals surface area (Å²) in [6.45, 7) is 8.84. The maximum atomic E-state index is 12.4. The highest BCUT2D eigenvalue weighted by Crippen LogP contribution is 2.24. The lowest BCUT2D eigenvalue weighted by Crippen LogP contribution is -2.29. The van der Waals surface area contributed by atoms with E-state index in [1.54, 1.807) is 25.1 Å². The van der Waals surface area contributed by atoms with Crippen molar-refractivity contribution in [2.24, 2.45) is 0 Å². The van der Waals surface area contributed by atoms with Gasteiger partial charge >= 0.3 is 0 Å². The first-order valence-corrected chi connectivity index (χ1v) is 11.0. The predicted molar refractivity (Wildman–Crippen MR) is 113 cm³/mol. The highest BCUT2D eigenvalue weighted by atomic mass is 32.2. The zero-order chi connectivity index (χ0) is 20.9. The second kappa shape index (κ2) is 8.65. The van der Waals surface area contributed by atoms with E-state index in [1.807, 2.05) is 24.3 Å². The van der Waals surface area contributed by atoms with E-state index < -0.39 is 10.0 Å². The van der Waals surface area contributed by atoms with E-state index in [-0.39, 0.29) is 11.3 Å². The van der Waals surface area contributed by atoms with Crippen molar-refractivity contribution in [3.8, 4) is 5.75 Å². The Morgan fingerprint density at radius 2 is 1.71 bits per heavy atom. The first-order valence-electron chi connectivity index (χ1n) is 9.06. The molecule has 1 amide bonds. The third kappa shape index (κ3) is 6.27. The zero-order valence-electron chi connectivity index (χ0n) is 17.0. The maximum Gasteiger partial charge on any atom is 0.251 e. The maximum absolute atomic E-state index is 12.4. The van der Waals surface area contributed by atoms with E-state index in [2.05, 4.69) is 30.8 Å². The van der Waals surface area contributed by atoms with E-state index in [4.69, 9.17) is 4.74 Å². The molecule has 0 aliphatic carbocycles. The van der Waals surface area contributed by atoms with Crippen LogP contribution < -0.4 is 14.8 Å². The number of anilines is 1. The highest BCUT2D eigenvalue weighted by Gasteiger charge is 2.14. The van der Waals surface area contributed by atoms with Crippen molar-refractivity contribution in [2.75, 3.05) is 24.1 Å². The summed E-state index contributed by atoms with van der Waals surface area (Å²) in [4.78, 5) is 12.4. The summed E-state index contributed by atoms with van der Waals surface area (Å²) in [6, 6.07) is 12.8. The quantitative estimate of drug-likeness (QED) is 0.692. The monoisotopic (exact) mass is 404 g/mol. The number of ether oxygens (including phenoxy) is 1. The first-order chi connectivity index (χ1) is 13.0. The molecule has 2 N–H and O–H groups in total. The van der Waals surface area contributed by atoms with Gasteiger partial charge in [0.1, 0.15) is 12.4 Å². The summed E-state index contributed by atoms with van der Waals surface area (Å²) in [5, 5.41) is 2.79. The van der Waals surface area contributed by atoms with Crippen molar-refractivity contribution in [3.63, 3.8) is 0 Å². The van der Waals surface area contributed by atoms with Crippen LogP contribution in [0.3, 0.4) is 0 Å². The minimum atomic E-state index is -3.41. The molecule has 0 atom stereocenters. The smallest absolute Gasteiger partial charge is 0.251 e. The number of rotatable bonds is 7. The van der Waals surface area contributed by atoms with Gasteiger partial charge in [-0.3, -0.25) is 9.52 Å². The molecule has 2 aromatic carbocycles. The number of nitrogens with one attached hydrogen (secondary N) is 2. The van der Waals surface area contributed by atoms with Crippen LogP contribution >= 0.6 is 0 Å². The molecule has 0 heterocycles. The molecule has 2 rings (SSSR count). The largest absolute Gasteiger partial charge is 0.492 e. The fraction of sp³-hybridized carbons (Fsp3) is 0.381. The number of benzene rings is 2. The Hall–Kier alpha value is -2.54. The lowest BCUT2D eigenvalue weighted by Gasteiger charge is -2.19. The number of hydrogen-bond donors (Lipinski definition) is 2. The van der Waals surface area contributed by atoms with Gasteiger partial charge in [0.05, 0.1) is 18.5 Å². The molecule has 6 nitrogen and oxygen atoms in total. The summed E-state index contributed by atoms with van der Waals surface area (Å²) in [7, 11) is -3.41. The molecule has 0 fully saturated rings. The SMILES string of the molecule is Cc1c(NS(C)(=O)=O)cccc1C(=O)NCCOc1ccc(C(C)(C)C)cc1. The third-order valence-corrected chi connectivity index (χ3v) is 4.84. The number of carbonyl (C=O) groups excluding carboxylic acids is 1. The van der Waals surface area contributed by atoms with Gasteiger partial charge in [-0.25, -0.2) is 8.42 Å². The Kier molecular flexibility index (Phi) is 6.72. The minimum Gasteiger partial charge on any atom is -0.492 e. The summed E-state index contributed by atoms with van der Waals surface area (Å²) < 4.78 is 30.9. The number of amides is 1. The summed E-state index contributed by atoms with van der Waals surface area (Å²) >= 11 is 0.